The standard InChI is InChI=1S/C29H24ClF6NO4S/c1-18(40-2)9-12-21-17-37(42(38,39)22-6-3-5-20(16-22)28(31,32)33)26-15-19(11-14-27(26)41-21)10-13-23-24(29(34,35)36)7-4-8-25(23)30/h3-8,10-11,13-16,21H,1,9,12,17H2,2H3. The maximum Gasteiger partial charge on any atom is 0.417 e. The van der Waals surface area contributed by atoms with E-state index in [-0.39, 0.29) is 35.0 Å². The lowest BCUT2D eigenvalue weighted by Gasteiger charge is -2.36. The summed E-state index contributed by atoms with van der Waals surface area (Å²) in [5, 5.41) is -0.142. The van der Waals surface area contributed by atoms with Crippen molar-refractivity contribution in [1.29, 1.82) is 0 Å². The molecule has 3 aromatic carbocycles. The fourth-order valence-corrected chi connectivity index (χ4v) is 6.11. The fourth-order valence-electron chi connectivity index (χ4n) is 4.33. The number of allylic oxidation sites excluding steroid dienone is 1. The molecule has 13 heteroatoms. The minimum Gasteiger partial charge on any atom is -0.502 e. The highest BCUT2D eigenvalue weighted by atomic mass is 35.5. The van der Waals surface area contributed by atoms with E-state index in [2.05, 4.69) is 6.58 Å². The zero-order valence-electron chi connectivity index (χ0n) is 22.0. The van der Waals surface area contributed by atoms with Gasteiger partial charge in [-0.05, 0) is 54.4 Å². The van der Waals surface area contributed by atoms with Crippen LogP contribution in [-0.4, -0.2) is 28.2 Å². The molecule has 0 fully saturated rings. The van der Waals surface area contributed by atoms with E-state index in [9.17, 15) is 34.8 Å². The number of methoxy groups -OCH3 is 1. The van der Waals surface area contributed by atoms with Gasteiger partial charge in [0.15, 0.2) is 0 Å². The van der Waals surface area contributed by atoms with Gasteiger partial charge in [-0.2, -0.15) is 26.3 Å². The molecule has 4 rings (SSSR count). The molecule has 0 spiro atoms. The predicted octanol–water partition coefficient (Wildman–Crippen LogP) is 8.44. The molecule has 1 aliphatic rings. The molecule has 224 valence electrons. The fraction of sp³-hybridized carbons (Fsp3) is 0.241. The highest BCUT2D eigenvalue weighted by Gasteiger charge is 2.37. The molecule has 0 N–H and O–H groups in total. The van der Waals surface area contributed by atoms with Crippen LogP contribution >= 0.6 is 11.6 Å². The molecule has 0 amide bonds. The number of sulfonamides is 1. The van der Waals surface area contributed by atoms with Crippen molar-refractivity contribution in [2.45, 2.75) is 36.2 Å². The number of alkyl halides is 6. The van der Waals surface area contributed by atoms with Crippen LogP contribution in [0.2, 0.25) is 5.02 Å². The number of ether oxygens (including phenoxy) is 2. The Hall–Kier alpha value is -3.64. The van der Waals surface area contributed by atoms with Gasteiger partial charge in [0.05, 0.1) is 41.1 Å². The van der Waals surface area contributed by atoms with Gasteiger partial charge in [0.2, 0.25) is 0 Å². The Bertz CT molecular complexity index is 1620. The van der Waals surface area contributed by atoms with Crippen LogP contribution in [0.4, 0.5) is 32.0 Å². The number of anilines is 1. The molecule has 1 heterocycles. The minimum absolute atomic E-state index is 0.00610. The summed E-state index contributed by atoms with van der Waals surface area (Å²) in [5.74, 6) is 0.547. The Kier molecular flexibility index (Phi) is 8.89. The first-order valence-corrected chi connectivity index (χ1v) is 14.2. The molecule has 1 unspecified atom stereocenters. The second-order valence-corrected chi connectivity index (χ2v) is 11.6. The SMILES string of the molecule is C=C(CCC1CN(S(=O)(=O)c2cccc(C(F)(F)F)c2)c2cc(C=Cc3c(Cl)cccc3C(F)(F)F)ccc2O1)OC. The van der Waals surface area contributed by atoms with Crippen LogP contribution in [0.25, 0.3) is 12.2 Å². The number of halogens is 7. The molecule has 3 aromatic rings. The smallest absolute Gasteiger partial charge is 0.417 e. The van der Waals surface area contributed by atoms with Crippen molar-refractivity contribution in [3.63, 3.8) is 0 Å². The van der Waals surface area contributed by atoms with E-state index < -0.39 is 44.5 Å². The van der Waals surface area contributed by atoms with Crippen molar-refractivity contribution >= 4 is 39.5 Å². The quantitative estimate of drug-likeness (QED) is 0.142. The van der Waals surface area contributed by atoms with Gasteiger partial charge in [-0.3, -0.25) is 4.31 Å². The second kappa shape index (κ2) is 11.9. The van der Waals surface area contributed by atoms with E-state index in [1.165, 1.54) is 43.5 Å². The average Bonchev–Trinajstić information content (AvgIpc) is 2.93. The van der Waals surface area contributed by atoms with Crippen LogP contribution < -0.4 is 9.04 Å². The van der Waals surface area contributed by atoms with Crippen LogP contribution in [0.1, 0.15) is 35.1 Å². The van der Waals surface area contributed by atoms with E-state index in [0.717, 1.165) is 34.6 Å². The molecule has 1 aliphatic heterocycles. The Morgan fingerprint density at radius 3 is 2.43 bits per heavy atom. The van der Waals surface area contributed by atoms with E-state index >= 15 is 0 Å². The normalized spacial score (nSPS) is 15.8. The average molecular weight is 632 g/mol. The molecule has 5 nitrogen and oxygen atoms in total. The molecule has 0 saturated carbocycles. The summed E-state index contributed by atoms with van der Waals surface area (Å²) in [5.41, 5.74) is -2.08. The van der Waals surface area contributed by atoms with E-state index in [1.807, 2.05) is 0 Å². The Morgan fingerprint density at radius 2 is 1.76 bits per heavy atom. The summed E-state index contributed by atoms with van der Waals surface area (Å²) in [6, 6.07) is 11.0. The molecule has 42 heavy (non-hydrogen) atoms. The maximum atomic E-state index is 13.8. The highest BCUT2D eigenvalue weighted by Crippen LogP contribution is 2.41. The number of rotatable bonds is 8. The molecule has 0 saturated heterocycles. The van der Waals surface area contributed by atoms with Gasteiger partial charge in [0.25, 0.3) is 10.0 Å². The van der Waals surface area contributed by atoms with E-state index in [0.29, 0.717) is 23.8 Å². The maximum absolute atomic E-state index is 13.8. The summed E-state index contributed by atoms with van der Waals surface area (Å²) in [6.45, 7) is 3.48. The molecule has 1 atom stereocenters. The molecule has 0 radical (unpaired) electrons. The first-order chi connectivity index (χ1) is 19.6. The van der Waals surface area contributed by atoms with Crippen LogP contribution in [-0.2, 0) is 27.1 Å². The van der Waals surface area contributed by atoms with Crippen LogP contribution in [0.3, 0.4) is 0 Å². The first-order valence-electron chi connectivity index (χ1n) is 12.4. The van der Waals surface area contributed by atoms with Crippen molar-refractivity contribution in [3.05, 3.63) is 100 Å². The Labute approximate surface area is 243 Å². The van der Waals surface area contributed by atoms with Crippen LogP contribution in [0.5, 0.6) is 5.75 Å². The molecular formula is C29H24ClF6NO4S. The van der Waals surface area contributed by atoms with Gasteiger partial charge in [-0.15, -0.1) is 0 Å². The van der Waals surface area contributed by atoms with Crippen LogP contribution in [0, 0.1) is 0 Å². The number of hydrogen-bond donors (Lipinski definition) is 0. The van der Waals surface area contributed by atoms with Gasteiger partial charge in [-0.1, -0.05) is 48.5 Å². The van der Waals surface area contributed by atoms with Gasteiger partial charge in [0.1, 0.15) is 11.9 Å². The lowest BCUT2D eigenvalue weighted by atomic mass is 10.0. The summed E-state index contributed by atoms with van der Waals surface area (Å²) in [4.78, 5) is -0.586. The van der Waals surface area contributed by atoms with Crippen molar-refractivity contribution in [2.75, 3.05) is 18.0 Å². The van der Waals surface area contributed by atoms with Crippen molar-refractivity contribution < 1.29 is 44.2 Å². The summed E-state index contributed by atoms with van der Waals surface area (Å²) in [7, 11) is -3.12. The number of benzene rings is 3. The van der Waals surface area contributed by atoms with Crippen LogP contribution in [0.15, 0.2) is 77.9 Å². The third-order valence-electron chi connectivity index (χ3n) is 6.50. The number of hydrogen-bond acceptors (Lipinski definition) is 4. The number of nitrogens with zero attached hydrogens (tertiary/aromatic N) is 1. The topological polar surface area (TPSA) is 55.8 Å². The zero-order chi connectivity index (χ0) is 30.9. The predicted molar refractivity (Wildman–Crippen MR) is 148 cm³/mol. The van der Waals surface area contributed by atoms with Gasteiger partial charge in [-0.25, -0.2) is 8.42 Å². The van der Waals surface area contributed by atoms with Crippen molar-refractivity contribution in [2.24, 2.45) is 0 Å². The van der Waals surface area contributed by atoms with Crippen molar-refractivity contribution in [1.82, 2.24) is 0 Å². The lowest BCUT2D eigenvalue weighted by molar-refractivity contribution is -0.138. The molecule has 0 bridgehead atoms. The summed E-state index contributed by atoms with van der Waals surface area (Å²) >= 11 is 6.04. The summed E-state index contributed by atoms with van der Waals surface area (Å²) in [6.07, 6.45) is -7.06. The Balaban J connectivity index is 1.77. The second-order valence-electron chi connectivity index (χ2n) is 9.34. The van der Waals surface area contributed by atoms with E-state index in [1.54, 1.807) is 0 Å². The third kappa shape index (κ3) is 6.87. The first kappa shape index (κ1) is 31.3. The highest BCUT2D eigenvalue weighted by molar-refractivity contribution is 7.92. The van der Waals surface area contributed by atoms with Crippen molar-refractivity contribution in [3.8, 4) is 5.75 Å². The Morgan fingerprint density at radius 1 is 1.05 bits per heavy atom. The molecule has 0 aliphatic carbocycles. The lowest BCUT2D eigenvalue weighted by Crippen LogP contribution is -2.43. The minimum atomic E-state index is -4.77. The largest absolute Gasteiger partial charge is 0.502 e. The van der Waals surface area contributed by atoms with E-state index in [4.69, 9.17) is 21.1 Å². The van der Waals surface area contributed by atoms with Gasteiger partial charge in [0, 0.05) is 17.0 Å². The summed E-state index contributed by atoms with van der Waals surface area (Å²) < 4.78 is 120. The molecular weight excluding hydrogens is 608 g/mol. The monoisotopic (exact) mass is 631 g/mol. The van der Waals surface area contributed by atoms with Gasteiger partial charge < -0.3 is 9.47 Å². The van der Waals surface area contributed by atoms with Gasteiger partial charge >= 0.3 is 12.4 Å². The zero-order valence-corrected chi connectivity index (χ0v) is 23.5. The third-order valence-corrected chi connectivity index (χ3v) is 8.60. The number of fused-ring (bicyclic) bond motifs is 1. The molecule has 0 aromatic heterocycles.